The van der Waals surface area contributed by atoms with Crippen LogP contribution in [0.2, 0.25) is 10.0 Å². The highest BCUT2D eigenvalue weighted by Gasteiger charge is 2.21. The van der Waals surface area contributed by atoms with Gasteiger partial charge in [0, 0.05) is 18.7 Å². The van der Waals surface area contributed by atoms with E-state index in [1.165, 1.54) is 18.2 Å². The number of aromatic nitrogens is 3. The molecule has 0 bridgehead atoms. The van der Waals surface area contributed by atoms with Gasteiger partial charge in [0.05, 0.1) is 26.4 Å². The molecule has 1 heterocycles. The first-order valence-electron chi connectivity index (χ1n) is 10.0. The molecule has 1 aromatic heterocycles. The number of nitro benzene ring substituents is 1. The lowest BCUT2D eigenvalue weighted by atomic mass is 10.2. The molecule has 9 nitrogen and oxygen atoms in total. The molecule has 3 rings (SSSR count). The van der Waals surface area contributed by atoms with Crippen molar-refractivity contribution < 1.29 is 14.5 Å². The van der Waals surface area contributed by atoms with Crippen LogP contribution in [0.4, 0.5) is 11.4 Å². The molecule has 0 aliphatic heterocycles. The van der Waals surface area contributed by atoms with Crippen LogP contribution in [0.5, 0.6) is 5.75 Å². The van der Waals surface area contributed by atoms with Crippen molar-refractivity contribution in [1.29, 1.82) is 0 Å². The molecule has 0 aliphatic carbocycles. The first-order valence-corrected chi connectivity index (χ1v) is 11.8. The summed E-state index contributed by atoms with van der Waals surface area (Å²) in [6, 6.07) is 9.32. The predicted octanol–water partition coefficient (Wildman–Crippen LogP) is 5.86. The third-order valence-electron chi connectivity index (χ3n) is 4.58. The van der Waals surface area contributed by atoms with Crippen molar-refractivity contribution in [3.05, 3.63) is 80.6 Å². The molecule has 2 aromatic carbocycles. The number of anilines is 1. The minimum Gasteiger partial charge on any atom is -0.481 e. The molecule has 0 saturated heterocycles. The van der Waals surface area contributed by atoms with Gasteiger partial charge < -0.3 is 10.1 Å². The second-order valence-electron chi connectivity index (χ2n) is 7.19. The summed E-state index contributed by atoms with van der Waals surface area (Å²) in [4.78, 5) is 22.9. The van der Waals surface area contributed by atoms with Crippen LogP contribution in [0.3, 0.4) is 0 Å². The molecule has 1 unspecified atom stereocenters. The number of rotatable bonds is 10. The zero-order valence-electron chi connectivity index (χ0n) is 18.3. The van der Waals surface area contributed by atoms with Gasteiger partial charge in [0.2, 0.25) is 5.91 Å². The minimum atomic E-state index is -0.562. The van der Waals surface area contributed by atoms with Gasteiger partial charge in [0.25, 0.3) is 5.69 Å². The summed E-state index contributed by atoms with van der Waals surface area (Å²) < 4.78 is 7.80. The number of ether oxygens (including phenoxy) is 1. The van der Waals surface area contributed by atoms with Gasteiger partial charge in [0.15, 0.2) is 17.1 Å². The number of hydrogen-bond acceptors (Lipinski definition) is 7. The number of nitrogens with one attached hydrogen (secondary N) is 1. The van der Waals surface area contributed by atoms with Crippen molar-refractivity contribution in [2.75, 3.05) is 11.1 Å². The molecular weight excluding hydrogens is 501 g/mol. The van der Waals surface area contributed by atoms with Crippen LogP contribution >= 0.6 is 35.0 Å². The fourth-order valence-electron chi connectivity index (χ4n) is 2.99. The average molecular weight is 522 g/mol. The average Bonchev–Trinajstić information content (AvgIpc) is 3.19. The standard InChI is InChI=1S/C22H21Cl2N5O4S/c1-4-9-28-21(14(3)33-19-10-13(2)5-7-17(19)24)26-27-22(28)34-12-20(30)25-18-11-15(29(31)32)6-8-16(18)23/h4-8,10-11,14H,1,9,12H2,2-3H3,(H,25,30). The fraction of sp³-hybridized carbons (Fsp3) is 0.227. The zero-order chi connectivity index (χ0) is 24.8. The van der Waals surface area contributed by atoms with E-state index in [0.29, 0.717) is 28.3 Å². The van der Waals surface area contributed by atoms with Crippen LogP contribution in [-0.4, -0.2) is 31.3 Å². The summed E-state index contributed by atoms with van der Waals surface area (Å²) in [6.07, 6.45) is 1.21. The highest BCUT2D eigenvalue weighted by Crippen LogP contribution is 2.31. The third-order valence-corrected chi connectivity index (χ3v) is 6.19. The van der Waals surface area contributed by atoms with Crippen molar-refractivity contribution in [1.82, 2.24) is 14.8 Å². The molecule has 0 spiro atoms. The number of amides is 1. The monoisotopic (exact) mass is 521 g/mol. The summed E-state index contributed by atoms with van der Waals surface area (Å²) in [6.45, 7) is 7.94. The van der Waals surface area contributed by atoms with E-state index in [9.17, 15) is 14.9 Å². The number of allylic oxidation sites excluding steroid dienone is 1. The number of nitrogens with zero attached hydrogens (tertiary/aromatic N) is 4. The molecule has 1 atom stereocenters. The van der Waals surface area contributed by atoms with Crippen LogP contribution in [0, 0.1) is 17.0 Å². The highest BCUT2D eigenvalue weighted by molar-refractivity contribution is 7.99. The van der Waals surface area contributed by atoms with Gasteiger partial charge in [-0.05, 0) is 37.6 Å². The van der Waals surface area contributed by atoms with Crippen molar-refractivity contribution in [3.8, 4) is 5.75 Å². The smallest absolute Gasteiger partial charge is 0.271 e. The van der Waals surface area contributed by atoms with Crippen LogP contribution in [0.15, 0.2) is 54.2 Å². The number of carbonyl (C=O) groups excluding carboxylic acids is 1. The molecular formula is C22H21Cl2N5O4S. The number of thioether (sulfide) groups is 1. The van der Waals surface area contributed by atoms with Gasteiger partial charge in [-0.3, -0.25) is 19.5 Å². The topological polar surface area (TPSA) is 112 Å². The molecule has 1 N–H and O–H groups in total. The molecule has 0 fully saturated rings. The maximum absolute atomic E-state index is 12.5. The lowest BCUT2D eigenvalue weighted by Crippen LogP contribution is -2.16. The molecule has 12 heteroatoms. The summed E-state index contributed by atoms with van der Waals surface area (Å²) in [5.74, 6) is 0.651. The number of hydrogen-bond donors (Lipinski definition) is 1. The van der Waals surface area contributed by atoms with Gasteiger partial charge in [-0.1, -0.05) is 47.1 Å². The van der Waals surface area contributed by atoms with E-state index >= 15 is 0 Å². The van der Waals surface area contributed by atoms with Crippen molar-refractivity contribution >= 4 is 52.2 Å². The summed E-state index contributed by atoms with van der Waals surface area (Å²) in [5.41, 5.74) is 0.988. The maximum Gasteiger partial charge on any atom is 0.271 e. The predicted molar refractivity (Wildman–Crippen MR) is 133 cm³/mol. The quantitative estimate of drug-likeness (QED) is 0.154. The Morgan fingerprint density at radius 1 is 1.29 bits per heavy atom. The fourth-order valence-corrected chi connectivity index (χ4v) is 4.07. The molecule has 178 valence electrons. The second kappa shape index (κ2) is 11.4. The first kappa shape index (κ1) is 25.5. The Morgan fingerprint density at radius 3 is 2.74 bits per heavy atom. The largest absolute Gasteiger partial charge is 0.481 e. The van der Waals surface area contributed by atoms with Crippen molar-refractivity contribution in [2.24, 2.45) is 0 Å². The molecule has 1 amide bonds. The number of non-ortho nitro benzene ring substituents is 1. The lowest BCUT2D eigenvalue weighted by molar-refractivity contribution is -0.384. The first-order chi connectivity index (χ1) is 16.2. The van der Waals surface area contributed by atoms with Crippen LogP contribution in [-0.2, 0) is 11.3 Å². The number of carbonyl (C=O) groups is 1. The van der Waals surface area contributed by atoms with Gasteiger partial charge in [-0.15, -0.1) is 16.8 Å². The zero-order valence-corrected chi connectivity index (χ0v) is 20.7. The van der Waals surface area contributed by atoms with Crippen LogP contribution in [0.25, 0.3) is 0 Å². The number of nitro groups is 1. The normalized spacial score (nSPS) is 11.6. The van der Waals surface area contributed by atoms with Gasteiger partial charge in [0.1, 0.15) is 5.75 Å². The summed E-state index contributed by atoms with van der Waals surface area (Å²) >= 11 is 13.4. The second-order valence-corrected chi connectivity index (χ2v) is 8.95. The van der Waals surface area contributed by atoms with E-state index in [2.05, 4.69) is 22.1 Å². The number of halogens is 2. The van der Waals surface area contributed by atoms with Crippen LogP contribution in [0.1, 0.15) is 24.4 Å². The molecule has 0 saturated carbocycles. The minimum absolute atomic E-state index is 0.0206. The van der Waals surface area contributed by atoms with Crippen LogP contribution < -0.4 is 10.1 Å². The van der Waals surface area contributed by atoms with Crippen molar-refractivity contribution in [2.45, 2.75) is 31.7 Å². The molecule has 3 aromatic rings. The number of aryl methyl sites for hydroxylation is 1. The van der Waals surface area contributed by atoms with Crippen molar-refractivity contribution in [3.63, 3.8) is 0 Å². The Kier molecular flexibility index (Phi) is 8.54. The molecule has 0 aliphatic rings. The van der Waals surface area contributed by atoms with E-state index in [1.807, 2.05) is 26.0 Å². The molecule has 34 heavy (non-hydrogen) atoms. The summed E-state index contributed by atoms with van der Waals surface area (Å²) in [5, 5.41) is 23.2. The van der Waals surface area contributed by atoms with Gasteiger partial charge in [-0.25, -0.2) is 0 Å². The Morgan fingerprint density at radius 2 is 2.03 bits per heavy atom. The van der Waals surface area contributed by atoms with E-state index in [4.69, 9.17) is 27.9 Å². The maximum atomic E-state index is 12.5. The lowest BCUT2D eigenvalue weighted by Gasteiger charge is -2.17. The van der Waals surface area contributed by atoms with Gasteiger partial charge in [-0.2, -0.15) is 0 Å². The Hall–Kier alpha value is -3.08. The Balaban J connectivity index is 1.71. The third kappa shape index (κ3) is 6.28. The Labute approximate surface area is 210 Å². The highest BCUT2D eigenvalue weighted by atomic mass is 35.5. The number of benzene rings is 2. The Bertz CT molecular complexity index is 1230. The SMILES string of the molecule is C=CCn1c(SCC(=O)Nc2cc([N+](=O)[O-])ccc2Cl)nnc1C(C)Oc1cc(C)ccc1Cl. The summed E-state index contributed by atoms with van der Waals surface area (Å²) in [7, 11) is 0. The molecule has 0 radical (unpaired) electrons. The van der Waals surface area contributed by atoms with E-state index in [0.717, 1.165) is 17.3 Å². The van der Waals surface area contributed by atoms with E-state index in [-0.39, 0.29) is 22.2 Å². The van der Waals surface area contributed by atoms with E-state index < -0.39 is 16.9 Å². The van der Waals surface area contributed by atoms with E-state index in [1.54, 1.807) is 16.7 Å². The van der Waals surface area contributed by atoms with Gasteiger partial charge >= 0.3 is 0 Å².